The fourth-order valence-corrected chi connectivity index (χ4v) is 6.92. The van der Waals surface area contributed by atoms with Gasteiger partial charge in [0.05, 0.1) is 6.10 Å². The maximum atomic E-state index is 14.2. The van der Waals surface area contributed by atoms with E-state index in [1.165, 1.54) is 6.92 Å². The van der Waals surface area contributed by atoms with E-state index in [2.05, 4.69) is 11.9 Å². The van der Waals surface area contributed by atoms with E-state index in [1.807, 2.05) is 44.2 Å². The van der Waals surface area contributed by atoms with Gasteiger partial charge in [0.2, 0.25) is 5.91 Å². The molecule has 0 aromatic heterocycles. The molecule has 4 rings (SSSR count). The topological polar surface area (TPSA) is 116 Å². The minimum atomic E-state index is -1.26. The molecule has 200 valence electrons. The molecule has 1 saturated heterocycles. The van der Waals surface area contributed by atoms with Gasteiger partial charge >= 0.3 is 5.97 Å². The summed E-state index contributed by atoms with van der Waals surface area (Å²) in [7, 11) is 0. The first-order valence-electron chi connectivity index (χ1n) is 13.2. The maximum Gasteiger partial charge on any atom is 0.303 e. The highest BCUT2D eigenvalue weighted by molar-refractivity contribution is 5.89. The van der Waals surface area contributed by atoms with Gasteiger partial charge in [0.1, 0.15) is 17.3 Å². The number of hydrogen-bond acceptors (Lipinski definition) is 6. The van der Waals surface area contributed by atoms with Crippen molar-refractivity contribution in [3.05, 3.63) is 66.3 Å². The van der Waals surface area contributed by atoms with Gasteiger partial charge in [-0.25, -0.2) is 0 Å². The summed E-state index contributed by atoms with van der Waals surface area (Å²) in [5.41, 5.74) is 0.244. The number of carbonyl (C=O) groups is 2. The van der Waals surface area contributed by atoms with Gasteiger partial charge < -0.3 is 25.4 Å². The van der Waals surface area contributed by atoms with Crippen molar-refractivity contribution in [3.8, 4) is 5.75 Å². The predicted molar refractivity (Wildman–Crippen MR) is 140 cm³/mol. The zero-order valence-corrected chi connectivity index (χ0v) is 21.8. The van der Waals surface area contributed by atoms with Crippen LogP contribution in [0.2, 0.25) is 0 Å². The largest absolute Gasteiger partial charge is 0.508 e. The first-order chi connectivity index (χ1) is 17.6. The summed E-state index contributed by atoms with van der Waals surface area (Å²) in [6.45, 7) is 9.60. The SMILES string of the molecule is C=C1[C@@H](C)[C@H]2[C@H](Cc3cccc(O)c3)NC(=O)[C@]23[C@H](OC(C)=O)/C=C/[C@@H](C)C[C@@H](CO)C/C=C/[C@H]3[C@@H]1O. The molecule has 37 heavy (non-hydrogen) atoms. The van der Waals surface area contributed by atoms with E-state index in [0.717, 1.165) is 12.0 Å². The number of carbonyl (C=O) groups excluding carboxylic acids is 2. The lowest BCUT2D eigenvalue weighted by Crippen LogP contribution is -2.60. The Morgan fingerprint density at radius 1 is 1.24 bits per heavy atom. The van der Waals surface area contributed by atoms with Crippen LogP contribution in [-0.2, 0) is 20.7 Å². The molecule has 1 aliphatic heterocycles. The van der Waals surface area contributed by atoms with E-state index in [0.29, 0.717) is 18.4 Å². The van der Waals surface area contributed by atoms with Gasteiger partial charge in [-0.1, -0.05) is 50.8 Å². The van der Waals surface area contributed by atoms with E-state index in [4.69, 9.17) is 4.74 Å². The summed E-state index contributed by atoms with van der Waals surface area (Å²) < 4.78 is 5.91. The number of benzene rings is 1. The Hall–Kier alpha value is -2.90. The minimum absolute atomic E-state index is 0.0340. The summed E-state index contributed by atoms with van der Waals surface area (Å²) >= 11 is 0. The Balaban J connectivity index is 1.89. The highest BCUT2D eigenvalue weighted by atomic mass is 16.5. The van der Waals surface area contributed by atoms with Crippen LogP contribution < -0.4 is 5.32 Å². The lowest BCUT2D eigenvalue weighted by atomic mass is 9.51. The molecule has 9 atom stereocenters. The molecule has 1 spiro atoms. The van der Waals surface area contributed by atoms with Gasteiger partial charge in [-0.15, -0.1) is 0 Å². The third-order valence-electron chi connectivity index (χ3n) is 8.61. The molecule has 7 nitrogen and oxygen atoms in total. The van der Waals surface area contributed by atoms with Crippen molar-refractivity contribution >= 4 is 11.9 Å². The normalized spacial score (nSPS) is 39.5. The number of esters is 1. The van der Waals surface area contributed by atoms with Crippen molar-refractivity contribution in [2.45, 2.75) is 58.3 Å². The molecule has 1 aromatic carbocycles. The minimum Gasteiger partial charge on any atom is -0.508 e. The van der Waals surface area contributed by atoms with Gasteiger partial charge in [0.15, 0.2) is 0 Å². The Morgan fingerprint density at radius 2 is 2.00 bits per heavy atom. The summed E-state index contributed by atoms with van der Waals surface area (Å²) in [6, 6.07) is 6.63. The monoisotopic (exact) mass is 509 g/mol. The first-order valence-corrected chi connectivity index (χ1v) is 13.2. The first kappa shape index (κ1) is 27.1. The Labute approximate surface area is 218 Å². The highest BCUT2D eigenvalue weighted by Gasteiger charge is 2.68. The second-order valence-corrected chi connectivity index (χ2v) is 11.1. The quantitative estimate of drug-likeness (QED) is 0.366. The van der Waals surface area contributed by atoms with Crippen LogP contribution in [0.25, 0.3) is 0 Å². The predicted octanol–water partition coefficient (Wildman–Crippen LogP) is 3.30. The van der Waals surface area contributed by atoms with Crippen LogP contribution in [0.15, 0.2) is 60.7 Å². The fourth-order valence-electron chi connectivity index (χ4n) is 6.92. The zero-order valence-electron chi connectivity index (χ0n) is 21.8. The lowest BCUT2D eigenvalue weighted by molar-refractivity contribution is -0.166. The van der Waals surface area contributed by atoms with Crippen molar-refractivity contribution in [1.29, 1.82) is 0 Å². The molecule has 0 bridgehead atoms. The van der Waals surface area contributed by atoms with Crippen LogP contribution in [-0.4, -0.2) is 52.1 Å². The summed E-state index contributed by atoms with van der Waals surface area (Å²) in [5, 5.41) is 34.6. The van der Waals surface area contributed by atoms with Crippen molar-refractivity contribution in [3.63, 3.8) is 0 Å². The van der Waals surface area contributed by atoms with Crippen molar-refractivity contribution in [1.82, 2.24) is 5.32 Å². The molecule has 7 heteroatoms. The fraction of sp³-hybridized carbons (Fsp3) is 0.533. The number of aliphatic hydroxyl groups is 2. The lowest BCUT2D eigenvalue weighted by Gasteiger charge is -2.52. The number of aromatic hydroxyl groups is 1. The van der Waals surface area contributed by atoms with E-state index in [9.17, 15) is 24.9 Å². The summed E-state index contributed by atoms with van der Waals surface area (Å²) in [6.07, 6.45) is 7.47. The molecule has 1 aromatic rings. The number of amides is 1. The molecular weight excluding hydrogens is 470 g/mol. The van der Waals surface area contributed by atoms with Gasteiger partial charge in [0, 0.05) is 31.4 Å². The zero-order chi connectivity index (χ0) is 26.9. The van der Waals surface area contributed by atoms with Gasteiger partial charge in [-0.05, 0) is 66.4 Å². The van der Waals surface area contributed by atoms with Crippen molar-refractivity contribution < 1.29 is 29.6 Å². The summed E-state index contributed by atoms with van der Waals surface area (Å²) in [4.78, 5) is 26.5. The third-order valence-corrected chi connectivity index (χ3v) is 8.61. The van der Waals surface area contributed by atoms with Crippen LogP contribution in [0, 0.1) is 35.0 Å². The number of rotatable bonds is 4. The Bertz CT molecular complexity index is 1100. The molecule has 1 saturated carbocycles. The van der Waals surface area contributed by atoms with E-state index in [-0.39, 0.29) is 48.0 Å². The number of phenolic OH excluding ortho intramolecular Hbond substituents is 1. The molecular formula is C30H39NO6. The standard InChI is InChI=1S/C30H39NO6/c1-17-11-12-26(37-20(4)33)30-24(10-6-8-22(13-17)16-32)28(35)19(3)18(2)27(30)25(31-29(30)36)15-21-7-5-9-23(34)14-21/h5-7,9-12,14,17-18,22,24-28,32,34-35H,3,8,13,15-16H2,1-2,4H3,(H,31,36)/b10-6+,12-11+/t17-,18-,22+,24+,25+,26-,27+,28-,30-/m1/s1. The molecule has 2 fully saturated rings. The Morgan fingerprint density at radius 3 is 2.68 bits per heavy atom. The average molecular weight is 510 g/mol. The van der Waals surface area contributed by atoms with E-state index < -0.39 is 29.5 Å². The number of hydrogen-bond donors (Lipinski definition) is 4. The molecule has 4 N–H and O–H groups in total. The smallest absolute Gasteiger partial charge is 0.303 e. The second-order valence-electron chi connectivity index (χ2n) is 11.1. The number of nitrogens with one attached hydrogen (secondary N) is 1. The maximum absolute atomic E-state index is 14.2. The van der Waals surface area contributed by atoms with Crippen molar-refractivity contribution in [2.24, 2.45) is 35.0 Å². The third kappa shape index (κ3) is 4.99. The second kappa shape index (κ2) is 10.8. The van der Waals surface area contributed by atoms with Crippen LogP contribution in [0.4, 0.5) is 0 Å². The van der Waals surface area contributed by atoms with Gasteiger partial charge in [-0.3, -0.25) is 9.59 Å². The molecule has 3 aliphatic rings. The van der Waals surface area contributed by atoms with Crippen LogP contribution in [0.1, 0.15) is 39.2 Å². The molecule has 1 amide bonds. The average Bonchev–Trinajstić information content (AvgIpc) is 3.12. The number of ether oxygens (including phenoxy) is 1. The number of phenols is 1. The van der Waals surface area contributed by atoms with Gasteiger partial charge in [0.25, 0.3) is 0 Å². The summed E-state index contributed by atoms with van der Waals surface area (Å²) in [5.74, 6) is -1.77. The molecule has 0 unspecified atom stereocenters. The van der Waals surface area contributed by atoms with E-state index >= 15 is 0 Å². The Kier molecular flexibility index (Phi) is 7.95. The number of aliphatic hydroxyl groups excluding tert-OH is 2. The van der Waals surface area contributed by atoms with Crippen molar-refractivity contribution in [2.75, 3.05) is 6.61 Å². The number of allylic oxidation sites excluding steroid dienone is 2. The molecule has 1 heterocycles. The van der Waals surface area contributed by atoms with Gasteiger partial charge in [-0.2, -0.15) is 0 Å². The van der Waals surface area contributed by atoms with E-state index in [1.54, 1.807) is 18.2 Å². The molecule has 0 radical (unpaired) electrons. The van der Waals surface area contributed by atoms with Crippen LogP contribution in [0.3, 0.4) is 0 Å². The van der Waals surface area contributed by atoms with Crippen LogP contribution in [0.5, 0.6) is 5.75 Å². The van der Waals surface area contributed by atoms with Crippen LogP contribution >= 0.6 is 0 Å². The molecule has 2 aliphatic carbocycles. The highest BCUT2D eigenvalue weighted by Crippen LogP contribution is 2.58.